The first kappa shape index (κ1) is 18.4. The number of rotatable bonds is 4. The van der Waals surface area contributed by atoms with E-state index in [0.717, 1.165) is 13.0 Å². The van der Waals surface area contributed by atoms with Gasteiger partial charge in [0.25, 0.3) is 0 Å². The summed E-state index contributed by atoms with van der Waals surface area (Å²) in [6, 6.07) is 3.57. The van der Waals surface area contributed by atoms with Crippen LogP contribution in [0.5, 0.6) is 0 Å². The Morgan fingerprint density at radius 3 is 2.41 bits per heavy atom. The molecule has 1 aromatic carbocycles. The topological polar surface area (TPSA) is 38.3 Å². The minimum atomic E-state index is -3.54. The summed E-state index contributed by atoms with van der Waals surface area (Å²) in [6.45, 7) is 5.82. The molecule has 0 radical (unpaired) electrons. The fraction of sp³-hybridized carbons (Fsp3) is 0.467. The van der Waals surface area contributed by atoms with E-state index in [9.17, 15) is 18.0 Å². The predicted octanol–water partition coefficient (Wildman–Crippen LogP) is 4.33. The molecule has 0 aliphatic rings. The molecule has 1 amide bonds. The summed E-state index contributed by atoms with van der Waals surface area (Å²) in [6.07, 6.45) is -0.755. The van der Waals surface area contributed by atoms with Gasteiger partial charge >= 0.3 is 12.0 Å². The zero-order chi connectivity index (χ0) is 17.1. The highest BCUT2D eigenvalue weighted by atomic mass is 32.1. The van der Waals surface area contributed by atoms with Crippen molar-refractivity contribution < 1.29 is 22.7 Å². The fourth-order valence-corrected chi connectivity index (χ4v) is 1.74. The zero-order valence-corrected chi connectivity index (χ0v) is 13.6. The molecule has 0 aliphatic carbocycles. The second-order valence-electron chi connectivity index (χ2n) is 5.76. The number of ether oxygens (including phenoxy) is 1. The molecule has 1 rings (SSSR count). The first-order valence-electron chi connectivity index (χ1n) is 6.58. The van der Waals surface area contributed by atoms with Crippen molar-refractivity contribution >= 4 is 23.2 Å². The molecule has 0 aromatic heterocycles. The van der Waals surface area contributed by atoms with Gasteiger partial charge in [0.05, 0.1) is 10.4 Å². The molecular formula is C15H18F3NO2S. The lowest BCUT2D eigenvalue weighted by Gasteiger charge is -2.20. The lowest BCUT2D eigenvalue weighted by Crippen LogP contribution is -2.32. The summed E-state index contributed by atoms with van der Waals surface area (Å²) in [4.78, 5) is 10.9. The minimum absolute atomic E-state index is 0.0701. The van der Waals surface area contributed by atoms with Crippen LogP contribution in [0.15, 0.2) is 18.2 Å². The Kier molecular flexibility index (Phi) is 5.56. The Bertz CT molecular complexity index is 583. The van der Waals surface area contributed by atoms with E-state index in [0.29, 0.717) is 0 Å². The van der Waals surface area contributed by atoms with Crippen LogP contribution >= 0.6 is 12.2 Å². The quantitative estimate of drug-likeness (QED) is 0.834. The Morgan fingerprint density at radius 2 is 1.91 bits per heavy atom. The molecule has 22 heavy (non-hydrogen) atoms. The number of alkyl halides is 2. The van der Waals surface area contributed by atoms with Gasteiger partial charge in [0, 0.05) is 12.1 Å². The number of benzene rings is 1. The Balaban J connectivity index is 2.91. The van der Waals surface area contributed by atoms with Crippen LogP contribution in [0.1, 0.15) is 38.8 Å². The lowest BCUT2D eigenvalue weighted by atomic mass is 10.0. The van der Waals surface area contributed by atoms with E-state index in [-0.39, 0.29) is 12.1 Å². The molecule has 7 heteroatoms. The first-order valence-corrected chi connectivity index (χ1v) is 6.99. The second kappa shape index (κ2) is 6.64. The highest BCUT2D eigenvalue weighted by Crippen LogP contribution is 2.32. The van der Waals surface area contributed by atoms with E-state index < -0.39 is 33.9 Å². The first-order chi connectivity index (χ1) is 9.95. The van der Waals surface area contributed by atoms with Crippen molar-refractivity contribution in [2.45, 2.75) is 45.8 Å². The van der Waals surface area contributed by atoms with Gasteiger partial charge in [-0.15, -0.1) is 0 Å². The van der Waals surface area contributed by atoms with E-state index in [4.69, 9.17) is 4.74 Å². The van der Waals surface area contributed by atoms with Gasteiger partial charge in [-0.2, -0.15) is 8.78 Å². The van der Waals surface area contributed by atoms with E-state index in [1.165, 1.54) is 12.1 Å². The summed E-state index contributed by atoms with van der Waals surface area (Å²) in [5.74, 6) is -4.63. The number of carbonyl (C=O) groups excluding carboxylic acids is 1. The van der Waals surface area contributed by atoms with E-state index in [2.05, 4.69) is 17.5 Å². The van der Waals surface area contributed by atoms with Gasteiger partial charge < -0.3 is 10.1 Å². The minimum Gasteiger partial charge on any atom is -0.444 e. The van der Waals surface area contributed by atoms with Crippen LogP contribution in [0, 0.1) is 5.82 Å². The number of alkyl carbamates (subject to hydrolysis) is 1. The number of carbonyl (C=O) groups is 1. The number of amides is 1. The molecule has 0 spiro atoms. The standard InChI is InChI=1S/C15H18F3NO2S/c1-9(22)15(17,18)11-7-5-6-10(12(11)16)8-19-13(20)21-14(2,3)4/h5-7H,8H2,1-4H3,(H,19,20). The molecular weight excluding hydrogens is 315 g/mol. The monoisotopic (exact) mass is 333 g/mol. The smallest absolute Gasteiger partial charge is 0.407 e. The number of thiocarbonyl (C=S) groups is 1. The Labute approximate surface area is 132 Å². The van der Waals surface area contributed by atoms with Crippen LogP contribution in [-0.4, -0.2) is 16.6 Å². The molecule has 0 saturated heterocycles. The van der Waals surface area contributed by atoms with Crippen LogP contribution in [0.2, 0.25) is 0 Å². The van der Waals surface area contributed by atoms with Gasteiger partial charge in [0.15, 0.2) is 0 Å². The highest BCUT2D eigenvalue weighted by molar-refractivity contribution is 7.80. The van der Waals surface area contributed by atoms with Crippen LogP contribution < -0.4 is 5.32 Å². The molecule has 0 unspecified atom stereocenters. The maximum atomic E-state index is 14.2. The van der Waals surface area contributed by atoms with Crippen LogP contribution in [0.25, 0.3) is 0 Å². The van der Waals surface area contributed by atoms with Crippen molar-refractivity contribution in [1.29, 1.82) is 0 Å². The number of hydrogen-bond acceptors (Lipinski definition) is 3. The van der Waals surface area contributed by atoms with Crippen molar-refractivity contribution in [1.82, 2.24) is 5.32 Å². The average molecular weight is 333 g/mol. The molecule has 0 heterocycles. The van der Waals surface area contributed by atoms with Gasteiger partial charge in [-0.25, -0.2) is 9.18 Å². The summed E-state index contributed by atoms with van der Waals surface area (Å²) in [5, 5.41) is 2.33. The number of hydrogen-bond donors (Lipinski definition) is 1. The molecule has 0 saturated carbocycles. The summed E-state index contributed by atoms with van der Waals surface area (Å²) in [5.41, 5.74) is -1.57. The van der Waals surface area contributed by atoms with Gasteiger partial charge in [-0.1, -0.05) is 24.4 Å². The van der Waals surface area contributed by atoms with Crippen molar-refractivity contribution in [2.75, 3.05) is 0 Å². The van der Waals surface area contributed by atoms with Gasteiger partial charge in [0.1, 0.15) is 11.4 Å². The van der Waals surface area contributed by atoms with Crippen LogP contribution in [-0.2, 0) is 17.2 Å². The molecule has 3 nitrogen and oxygen atoms in total. The van der Waals surface area contributed by atoms with Gasteiger partial charge in [-0.05, 0) is 33.8 Å². The lowest BCUT2D eigenvalue weighted by molar-refractivity contribution is 0.0523. The maximum absolute atomic E-state index is 14.2. The van der Waals surface area contributed by atoms with E-state index in [1.807, 2.05) is 0 Å². The van der Waals surface area contributed by atoms with Gasteiger partial charge in [0.2, 0.25) is 0 Å². The van der Waals surface area contributed by atoms with Crippen LogP contribution in [0.3, 0.4) is 0 Å². The summed E-state index contributed by atoms with van der Waals surface area (Å²) >= 11 is 4.48. The molecule has 1 N–H and O–H groups in total. The Morgan fingerprint density at radius 1 is 1.32 bits per heavy atom. The van der Waals surface area contributed by atoms with Crippen molar-refractivity contribution in [3.05, 3.63) is 35.1 Å². The van der Waals surface area contributed by atoms with Crippen LogP contribution in [0.4, 0.5) is 18.0 Å². The third-order valence-corrected chi connectivity index (χ3v) is 2.94. The molecule has 0 atom stereocenters. The number of nitrogens with one attached hydrogen (secondary N) is 1. The average Bonchev–Trinajstić information content (AvgIpc) is 2.35. The third kappa shape index (κ3) is 4.69. The number of halogens is 3. The fourth-order valence-electron chi connectivity index (χ4n) is 1.63. The molecule has 0 bridgehead atoms. The van der Waals surface area contributed by atoms with Crippen molar-refractivity contribution in [3.63, 3.8) is 0 Å². The molecule has 1 aromatic rings. The predicted molar refractivity (Wildman–Crippen MR) is 81.6 cm³/mol. The normalized spacial score (nSPS) is 12.0. The van der Waals surface area contributed by atoms with E-state index in [1.54, 1.807) is 20.8 Å². The summed E-state index contributed by atoms with van der Waals surface area (Å²) < 4.78 is 46.9. The molecule has 0 aliphatic heterocycles. The maximum Gasteiger partial charge on any atom is 0.407 e. The molecule has 0 fully saturated rings. The second-order valence-corrected chi connectivity index (χ2v) is 6.38. The van der Waals surface area contributed by atoms with Crippen molar-refractivity contribution in [3.8, 4) is 0 Å². The van der Waals surface area contributed by atoms with E-state index >= 15 is 0 Å². The highest BCUT2D eigenvalue weighted by Gasteiger charge is 2.37. The van der Waals surface area contributed by atoms with Gasteiger partial charge in [-0.3, -0.25) is 0 Å². The third-order valence-electron chi connectivity index (χ3n) is 2.68. The summed E-state index contributed by atoms with van der Waals surface area (Å²) in [7, 11) is 0. The zero-order valence-electron chi connectivity index (χ0n) is 12.8. The largest absolute Gasteiger partial charge is 0.444 e. The molecule has 122 valence electrons. The SMILES string of the molecule is CC(=S)C(F)(F)c1cccc(CNC(=O)OC(C)(C)C)c1F. The van der Waals surface area contributed by atoms with Crippen molar-refractivity contribution in [2.24, 2.45) is 0 Å². The Hall–Kier alpha value is -1.63.